The van der Waals surface area contributed by atoms with Crippen LogP contribution in [0.5, 0.6) is 5.75 Å². The number of amides is 1. The van der Waals surface area contributed by atoms with E-state index in [0.29, 0.717) is 5.92 Å². The van der Waals surface area contributed by atoms with E-state index in [1.165, 1.54) is 12.1 Å². The maximum absolute atomic E-state index is 13.2. The Morgan fingerprint density at radius 3 is 3.05 bits per heavy atom. The van der Waals surface area contributed by atoms with Crippen molar-refractivity contribution in [3.05, 3.63) is 42.2 Å². The van der Waals surface area contributed by atoms with Crippen LogP contribution in [0.3, 0.4) is 0 Å². The van der Waals surface area contributed by atoms with Crippen LogP contribution in [0.25, 0.3) is 0 Å². The number of nitrogens with zero attached hydrogens (tertiary/aromatic N) is 1. The van der Waals surface area contributed by atoms with Gasteiger partial charge in [-0.3, -0.25) is 4.79 Å². The summed E-state index contributed by atoms with van der Waals surface area (Å²) in [7, 11) is 0. The summed E-state index contributed by atoms with van der Waals surface area (Å²) >= 11 is 0. The van der Waals surface area contributed by atoms with Gasteiger partial charge in [0.15, 0.2) is 18.2 Å². The Kier molecular flexibility index (Phi) is 5.29. The third-order valence-electron chi connectivity index (χ3n) is 2.98. The van der Waals surface area contributed by atoms with Crippen molar-refractivity contribution in [3.8, 4) is 5.75 Å². The summed E-state index contributed by atoms with van der Waals surface area (Å²) in [6, 6.07) is 5.96. The molecule has 1 aliphatic rings. The number of halogens is 1. The Morgan fingerprint density at radius 2 is 2.30 bits per heavy atom. The lowest BCUT2D eigenvalue weighted by atomic mass is 9.96. The monoisotopic (exact) mass is 276 g/mol. The summed E-state index contributed by atoms with van der Waals surface area (Å²) in [5.41, 5.74) is 2.38. The number of benzene rings is 1. The summed E-state index contributed by atoms with van der Waals surface area (Å²) in [6.45, 7) is -0.261. The lowest BCUT2D eigenvalue weighted by Gasteiger charge is -2.11. The van der Waals surface area contributed by atoms with E-state index in [1.807, 2.05) is 0 Å². The molecule has 0 aromatic heterocycles. The summed E-state index contributed by atoms with van der Waals surface area (Å²) in [5, 5.41) is 3.90. The first-order valence-electron chi connectivity index (χ1n) is 6.60. The fourth-order valence-electron chi connectivity index (χ4n) is 1.90. The second-order valence-electron chi connectivity index (χ2n) is 4.58. The molecular weight excluding hydrogens is 259 g/mol. The smallest absolute Gasteiger partial charge is 0.277 e. The Morgan fingerprint density at radius 1 is 1.45 bits per heavy atom. The van der Waals surface area contributed by atoms with Crippen molar-refractivity contribution in [1.29, 1.82) is 0 Å². The highest BCUT2D eigenvalue weighted by molar-refractivity contribution is 5.78. The predicted octanol–water partition coefficient (Wildman–Crippen LogP) is 2.66. The summed E-state index contributed by atoms with van der Waals surface area (Å²) in [6.07, 6.45) is 9.03. The maximum Gasteiger partial charge on any atom is 0.277 e. The van der Waals surface area contributed by atoms with E-state index in [0.717, 1.165) is 19.3 Å². The number of carbonyl (C=O) groups is 1. The standard InChI is InChI=1S/C15H17FN2O2/c16-13-8-4-5-9-14(13)20-11-15(19)18-17-10-12-6-2-1-3-7-12/h1-2,4-5,8-10,12H,3,6-7,11H2,(H,18,19)/b17-10-/t12-/m1/s1. The number of ether oxygens (including phenoxy) is 1. The minimum Gasteiger partial charge on any atom is -0.481 e. The van der Waals surface area contributed by atoms with Crippen molar-refractivity contribution in [3.63, 3.8) is 0 Å². The minimum atomic E-state index is -0.488. The average Bonchev–Trinajstić information content (AvgIpc) is 2.47. The Labute approximate surface area is 117 Å². The van der Waals surface area contributed by atoms with Crippen molar-refractivity contribution in [2.45, 2.75) is 19.3 Å². The maximum atomic E-state index is 13.2. The highest BCUT2D eigenvalue weighted by Crippen LogP contribution is 2.16. The number of hydrogen-bond donors (Lipinski definition) is 1. The number of carbonyl (C=O) groups excluding carboxylic acids is 1. The van der Waals surface area contributed by atoms with E-state index in [-0.39, 0.29) is 12.4 Å². The zero-order valence-electron chi connectivity index (χ0n) is 11.1. The fraction of sp³-hybridized carbons (Fsp3) is 0.333. The first-order valence-corrected chi connectivity index (χ1v) is 6.60. The van der Waals surface area contributed by atoms with E-state index in [9.17, 15) is 9.18 Å². The van der Waals surface area contributed by atoms with E-state index >= 15 is 0 Å². The van der Waals surface area contributed by atoms with Gasteiger partial charge in [-0.15, -0.1) is 0 Å². The molecule has 0 saturated heterocycles. The molecule has 0 bridgehead atoms. The van der Waals surface area contributed by atoms with Gasteiger partial charge < -0.3 is 4.74 Å². The van der Waals surface area contributed by atoms with Crippen LogP contribution in [0, 0.1) is 11.7 Å². The van der Waals surface area contributed by atoms with Crippen LogP contribution in [0.4, 0.5) is 4.39 Å². The normalized spacial score (nSPS) is 18.1. The number of para-hydroxylation sites is 1. The highest BCUT2D eigenvalue weighted by Gasteiger charge is 2.08. The van der Waals surface area contributed by atoms with Gasteiger partial charge in [-0.2, -0.15) is 5.10 Å². The third-order valence-corrected chi connectivity index (χ3v) is 2.98. The molecule has 1 atom stereocenters. The number of nitrogens with one attached hydrogen (secondary N) is 1. The van der Waals surface area contributed by atoms with Gasteiger partial charge in [-0.05, 0) is 37.3 Å². The second kappa shape index (κ2) is 7.43. The molecule has 0 fully saturated rings. The molecule has 1 N–H and O–H groups in total. The Hall–Kier alpha value is -2.17. The highest BCUT2D eigenvalue weighted by atomic mass is 19.1. The summed E-state index contributed by atoms with van der Waals surface area (Å²) < 4.78 is 18.3. The lowest BCUT2D eigenvalue weighted by Crippen LogP contribution is -2.25. The number of hydrogen-bond acceptors (Lipinski definition) is 3. The zero-order chi connectivity index (χ0) is 14.2. The molecule has 1 aliphatic carbocycles. The van der Waals surface area contributed by atoms with Gasteiger partial charge in [0, 0.05) is 6.21 Å². The molecule has 0 heterocycles. The van der Waals surface area contributed by atoms with E-state index < -0.39 is 11.7 Å². The molecule has 0 saturated carbocycles. The molecule has 20 heavy (non-hydrogen) atoms. The molecule has 0 spiro atoms. The van der Waals surface area contributed by atoms with Crippen LogP contribution in [0.15, 0.2) is 41.5 Å². The number of allylic oxidation sites excluding steroid dienone is 2. The van der Waals surface area contributed by atoms with Gasteiger partial charge >= 0.3 is 0 Å². The van der Waals surface area contributed by atoms with Crippen LogP contribution >= 0.6 is 0 Å². The van der Waals surface area contributed by atoms with Gasteiger partial charge in [0.2, 0.25) is 0 Å². The summed E-state index contributed by atoms with van der Waals surface area (Å²) in [4.78, 5) is 11.5. The van der Waals surface area contributed by atoms with Crippen LogP contribution in [-0.4, -0.2) is 18.7 Å². The molecule has 4 nitrogen and oxygen atoms in total. The molecule has 0 aliphatic heterocycles. The fourth-order valence-corrected chi connectivity index (χ4v) is 1.90. The van der Waals surface area contributed by atoms with Crippen LogP contribution in [0.1, 0.15) is 19.3 Å². The van der Waals surface area contributed by atoms with Crippen LogP contribution in [-0.2, 0) is 4.79 Å². The molecule has 0 radical (unpaired) electrons. The molecular formula is C15H17FN2O2. The molecule has 5 heteroatoms. The lowest BCUT2D eigenvalue weighted by molar-refractivity contribution is -0.123. The van der Waals surface area contributed by atoms with Crippen molar-refractivity contribution in [2.75, 3.05) is 6.61 Å². The molecule has 1 aromatic rings. The zero-order valence-corrected chi connectivity index (χ0v) is 11.1. The summed E-state index contributed by atoms with van der Waals surface area (Å²) in [5.74, 6) is -0.467. The number of rotatable bonds is 5. The molecule has 0 unspecified atom stereocenters. The molecule has 106 valence electrons. The SMILES string of the molecule is O=C(COc1ccccc1F)N/N=C\[C@@H]1CC=CCC1. The van der Waals surface area contributed by atoms with E-state index in [4.69, 9.17) is 4.74 Å². The minimum absolute atomic E-state index is 0.0593. The average molecular weight is 276 g/mol. The topological polar surface area (TPSA) is 50.7 Å². The first-order chi connectivity index (χ1) is 9.75. The molecule has 1 aromatic carbocycles. The third kappa shape index (κ3) is 4.50. The quantitative estimate of drug-likeness (QED) is 0.510. The van der Waals surface area contributed by atoms with Crippen molar-refractivity contribution < 1.29 is 13.9 Å². The van der Waals surface area contributed by atoms with Gasteiger partial charge in [-0.25, -0.2) is 9.82 Å². The first kappa shape index (κ1) is 14.2. The second-order valence-corrected chi connectivity index (χ2v) is 4.58. The van der Waals surface area contributed by atoms with Gasteiger partial charge in [0.25, 0.3) is 5.91 Å². The van der Waals surface area contributed by atoms with Gasteiger partial charge in [0.1, 0.15) is 0 Å². The van der Waals surface area contributed by atoms with Gasteiger partial charge in [0.05, 0.1) is 0 Å². The molecule has 2 rings (SSSR count). The molecule has 1 amide bonds. The van der Waals surface area contributed by atoms with Crippen molar-refractivity contribution in [1.82, 2.24) is 5.43 Å². The Balaban J connectivity index is 1.71. The van der Waals surface area contributed by atoms with Crippen LogP contribution in [0.2, 0.25) is 0 Å². The number of hydrazone groups is 1. The Bertz CT molecular complexity index is 514. The van der Waals surface area contributed by atoms with E-state index in [1.54, 1.807) is 18.3 Å². The van der Waals surface area contributed by atoms with Crippen molar-refractivity contribution >= 4 is 12.1 Å². The largest absolute Gasteiger partial charge is 0.481 e. The van der Waals surface area contributed by atoms with Gasteiger partial charge in [-0.1, -0.05) is 24.3 Å². The van der Waals surface area contributed by atoms with Crippen LogP contribution < -0.4 is 10.2 Å². The van der Waals surface area contributed by atoms with E-state index in [2.05, 4.69) is 22.7 Å². The predicted molar refractivity (Wildman–Crippen MR) is 75.0 cm³/mol. The van der Waals surface area contributed by atoms with Crippen molar-refractivity contribution in [2.24, 2.45) is 11.0 Å².